The Bertz CT molecular complexity index is 368. The number of phenols is 1. The van der Waals surface area contributed by atoms with Gasteiger partial charge in [-0.2, -0.15) is 13.2 Å². The summed E-state index contributed by atoms with van der Waals surface area (Å²) in [4.78, 5) is 0. The highest BCUT2D eigenvalue weighted by Gasteiger charge is 2.37. The number of aliphatic hydroxyl groups excluding tert-OH is 1. The first-order chi connectivity index (χ1) is 7.82. The highest BCUT2D eigenvalue weighted by atomic mass is 19.4. The summed E-state index contributed by atoms with van der Waals surface area (Å²) in [5, 5.41) is 20.8. The van der Waals surface area contributed by atoms with Crippen molar-refractivity contribution in [3.8, 4) is 5.75 Å². The molecule has 0 aliphatic carbocycles. The lowest BCUT2D eigenvalue weighted by Gasteiger charge is -2.19. The zero-order valence-corrected chi connectivity index (χ0v) is 9.20. The zero-order valence-electron chi connectivity index (χ0n) is 9.20. The van der Waals surface area contributed by atoms with E-state index < -0.39 is 24.9 Å². The van der Waals surface area contributed by atoms with Crippen LogP contribution in [0.3, 0.4) is 0 Å². The number of rotatable bonds is 4. The average molecular weight is 249 g/mol. The Morgan fingerprint density at radius 2 is 1.88 bits per heavy atom. The summed E-state index contributed by atoms with van der Waals surface area (Å²) in [6.45, 7) is 0.997. The molecular weight excluding hydrogens is 235 g/mol. The molecule has 2 unspecified atom stereocenters. The van der Waals surface area contributed by atoms with E-state index in [2.05, 4.69) is 5.32 Å². The number of hydrogen-bond acceptors (Lipinski definition) is 3. The SMILES string of the molecule is CC(NCC(O)C(F)(F)F)c1ccccc1O. The van der Waals surface area contributed by atoms with E-state index in [4.69, 9.17) is 5.11 Å². The summed E-state index contributed by atoms with van der Waals surface area (Å²) < 4.78 is 36.1. The van der Waals surface area contributed by atoms with Crippen molar-refractivity contribution in [1.29, 1.82) is 0 Å². The van der Waals surface area contributed by atoms with Crippen molar-refractivity contribution in [1.82, 2.24) is 5.32 Å². The van der Waals surface area contributed by atoms with Crippen LogP contribution in [0, 0.1) is 0 Å². The Balaban J connectivity index is 2.57. The number of para-hydroxylation sites is 1. The van der Waals surface area contributed by atoms with Crippen molar-refractivity contribution in [2.24, 2.45) is 0 Å². The largest absolute Gasteiger partial charge is 0.508 e. The van der Waals surface area contributed by atoms with Gasteiger partial charge in [-0.05, 0) is 13.0 Å². The highest BCUT2D eigenvalue weighted by molar-refractivity contribution is 5.34. The second-order valence-electron chi connectivity index (χ2n) is 3.75. The molecule has 2 atom stereocenters. The number of phenolic OH excluding ortho intramolecular Hbond substituents is 1. The minimum Gasteiger partial charge on any atom is -0.508 e. The predicted octanol–water partition coefficient (Wildman–Crippen LogP) is 1.97. The Morgan fingerprint density at radius 1 is 1.29 bits per heavy atom. The summed E-state index contributed by atoms with van der Waals surface area (Å²) in [6.07, 6.45) is -7.04. The predicted molar refractivity (Wildman–Crippen MR) is 56.6 cm³/mol. The molecule has 0 aliphatic heterocycles. The quantitative estimate of drug-likeness (QED) is 0.764. The summed E-state index contributed by atoms with van der Waals surface area (Å²) in [5.74, 6) is 0.00833. The molecule has 1 aromatic rings. The number of benzene rings is 1. The van der Waals surface area contributed by atoms with Crippen molar-refractivity contribution in [2.75, 3.05) is 6.54 Å². The zero-order chi connectivity index (χ0) is 13.1. The van der Waals surface area contributed by atoms with Gasteiger partial charge >= 0.3 is 6.18 Å². The smallest absolute Gasteiger partial charge is 0.415 e. The van der Waals surface area contributed by atoms with Gasteiger partial charge in [-0.3, -0.25) is 0 Å². The Hall–Kier alpha value is -1.27. The van der Waals surface area contributed by atoms with Crippen molar-refractivity contribution in [3.63, 3.8) is 0 Å². The fourth-order valence-corrected chi connectivity index (χ4v) is 1.37. The molecule has 3 nitrogen and oxygen atoms in total. The normalized spacial score (nSPS) is 15.6. The van der Waals surface area contributed by atoms with Crippen LogP contribution < -0.4 is 5.32 Å². The Kier molecular flexibility index (Phi) is 4.36. The molecule has 0 fully saturated rings. The van der Waals surface area contributed by atoms with E-state index in [-0.39, 0.29) is 5.75 Å². The molecule has 0 aromatic heterocycles. The van der Waals surface area contributed by atoms with Crippen molar-refractivity contribution in [3.05, 3.63) is 29.8 Å². The second kappa shape index (κ2) is 5.37. The van der Waals surface area contributed by atoms with Crippen molar-refractivity contribution >= 4 is 0 Å². The van der Waals surface area contributed by atoms with Gasteiger partial charge in [0.15, 0.2) is 6.10 Å². The maximum Gasteiger partial charge on any atom is 0.415 e. The van der Waals surface area contributed by atoms with Crippen LogP contribution in [0.4, 0.5) is 13.2 Å². The second-order valence-corrected chi connectivity index (χ2v) is 3.75. The third-order valence-corrected chi connectivity index (χ3v) is 2.40. The van der Waals surface area contributed by atoms with Crippen LogP contribution in [-0.2, 0) is 0 Å². The topological polar surface area (TPSA) is 52.5 Å². The molecule has 1 rings (SSSR count). The van der Waals surface area contributed by atoms with E-state index in [0.29, 0.717) is 5.56 Å². The molecule has 0 radical (unpaired) electrons. The van der Waals surface area contributed by atoms with Crippen LogP contribution in [0.15, 0.2) is 24.3 Å². The molecule has 3 N–H and O–H groups in total. The van der Waals surface area contributed by atoms with Gasteiger partial charge in [0.1, 0.15) is 5.75 Å². The fraction of sp³-hybridized carbons (Fsp3) is 0.455. The van der Waals surface area contributed by atoms with Crippen LogP contribution in [0.5, 0.6) is 5.75 Å². The van der Waals surface area contributed by atoms with Gasteiger partial charge in [0.25, 0.3) is 0 Å². The summed E-state index contributed by atoms with van der Waals surface area (Å²) in [6, 6.07) is 5.87. The van der Waals surface area contributed by atoms with Gasteiger partial charge in [-0.25, -0.2) is 0 Å². The number of hydrogen-bond donors (Lipinski definition) is 3. The first-order valence-electron chi connectivity index (χ1n) is 5.08. The van der Waals surface area contributed by atoms with E-state index in [0.717, 1.165) is 0 Å². The monoisotopic (exact) mass is 249 g/mol. The third kappa shape index (κ3) is 3.90. The number of aromatic hydroxyl groups is 1. The van der Waals surface area contributed by atoms with Gasteiger partial charge in [-0.1, -0.05) is 18.2 Å². The standard InChI is InChI=1S/C11H14F3NO2/c1-7(8-4-2-3-5-9(8)16)15-6-10(17)11(12,13)14/h2-5,7,10,15-17H,6H2,1H3. The van der Waals surface area contributed by atoms with Gasteiger partial charge < -0.3 is 15.5 Å². The van der Waals surface area contributed by atoms with Gasteiger partial charge in [0, 0.05) is 18.2 Å². The lowest BCUT2D eigenvalue weighted by atomic mass is 10.1. The van der Waals surface area contributed by atoms with Crippen molar-refractivity contribution < 1.29 is 23.4 Å². The maximum absolute atomic E-state index is 12.0. The van der Waals surface area contributed by atoms with E-state index in [1.54, 1.807) is 25.1 Å². The molecule has 0 amide bonds. The summed E-state index contributed by atoms with van der Waals surface area (Å²) in [7, 11) is 0. The van der Waals surface area contributed by atoms with Crippen LogP contribution in [0.2, 0.25) is 0 Å². The van der Waals surface area contributed by atoms with Crippen molar-refractivity contribution in [2.45, 2.75) is 25.2 Å². The van der Waals surface area contributed by atoms with Crippen LogP contribution >= 0.6 is 0 Å². The molecular formula is C11H14F3NO2. The van der Waals surface area contributed by atoms with Crippen LogP contribution in [0.1, 0.15) is 18.5 Å². The van der Waals surface area contributed by atoms with Crippen LogP contribution in [0.25, 0.3) is 0 Å². The Morgan fingerprint density at radius 3 is 2.41 bits per heavy atom. The summed E-state index contributed by atoms with van der Waals surface area (Å²) >= 11 is 0. The fourth-order valence-electron chi connectivity index (χ4n) is 1.37. The van der Waals surface area contributed by atoms with E-state index in [1.165, 1.54) is 6.07 Å². The number of halogens is 3. The van der Waals surface area contributed by atoms with E-state index >= 15 is 0 Å². The molecule has 1 aromatic carbocycles. The summed E-state index contributed by atoms with van der Waals surface area (Å²) in [5.41, 5.74) is 0.488. The first-order valence-corrected chi connectivity index (χ1v) is 5.08. The molecule has 6 heteroatoms. The average Bonchev–Trinajstić information content (AvgIpc) is 2.24. The molecule has 0 heterocycles. The molecule has 0 aliphatic rings. The molecule has 17 heavy (non-hydrogen) atoms. The lowest BCUT2D eigenvalue weighted by Crippen LogP contribution is -2.39. The molecule has 0 saturated carbocycles. The first kappa shape index (κ1) is 13.8. The number of nitrogens with one attached hydrogen (secondary N) is 1. The molecule has 0 spiro atoms. The van der Waals surface area contributed by atoms with E-state index in [1.807, 2.05) is 0 Å². The lowest BCUT2D eigenvalue weighted by molar-refractivity contribution is -0.202. The number of aliphatic hydroxyl groups is 1. The highest BCUT2D eigenvalue weighted by Crippen LogP contribution is 2.24. The minimum atomic E-state index is -4.63. The molecule has 0 bridgehead atoms. The van der Waals surface area contributed by atoms with Crippen LogP contribution in [-0.4, -0.2) is 29.0 Å². The Labute approximate surface area is 96.9 Å². The molecule has 96 valence electrons. The van der Waals surface area contributed by atoms with Gasteiger partial charge in [0.2, 0.25) is 0 Å². The van der Waals surface area contributed by atoms with Gasteiger partial charge in [-0.15, -0.1) is 0 Å². The number of alkyl halides is 3. The molecule has 0 saturated heterocycles. The third-order valence-electron chi connectivity index (χ3n) is 2.40. The van der Waals surface area contributed by atoms with E-state index in [9.17, 15) is 18.3 Å². The van der Waals surface area contributed by atoms with Gasteiger partial charge in [0.05, 0.1) is 0 Å². The minimum absolute atomic E-state index is 0.00833. The maximum atomic E-state index is 12.0.